The van der Waals surface area contributed by atoms with E-state index in [-0.39, 0.29) is 18.9 Å². The van der Waals surface area contributed by atoms with E-state index in [0.29, 0.717) is 18.8 Å². The number of carbonyl (C=O) groups is 3. The molecular formula is C22H24N2O4. The first-order chi connectivity index (χ1) is 13.4. The molecule has 28 heavy (non-hydrogen) atoms. The Morgan fingerprint density at radius 3 is 2.57 bits per heavy atom. The Bertz CT molecular complexity index is 876. The van der Waals surface area contributed by atoms with Crippen LogP contribution in [0, 0.1) is 19.8 Å². The predicted molar refractivity (Wildman–Crippen MR) is 105 cm³/mol. The van der Waals surface area contributed by atoms with E-state index in [1.54, 1.807) is 11.0 Å². The Hall–Kier alpha value is -3.15. The fraction of sp³-hybridized carbons (Fsp3) is 0.318. The second kappa shape index (κ2) is 8.69. The van der Waals surface area contributed by atoms with Gasteiger partial charge in [0.05, 0.1) is 5.92 Å². The number of nitrogens with one attached hydrogen (secondary N) is 1. The zero-order valence-electron chi connectivity index (χ0n) is 16.1. The molecule has 1 heterocycles. The molecule has 1 saturated heterocycles. The number of anilines is 1. The number of hydrogen-bond acceptors (Lipinski definition) is 4. The number of nitrogens with zero attached hydrogens (tertiary/aromatic N) is 1. The van der Waals surface area contributed by atoms with Crippen molar-refractivity contribution in [3.05, 3.63) is 65.2 Å². The van der Waals surface area contributed by atoms with Gasteiger partial charge in [-0.1, -0.05) is 42.0 Å². The topological polar surface area (TPSA) is 75.7 Å². The van der Waals surface area contributed by atoms with Crippen LogP contribution in [-0.4, -0.2) is 35.8 Å². The second-order valence-electron chi connectivity index (χ2n) is 7.19. The lowest BCUT2D eigenvalue weighted by molar-refractivity contribution is -0.151. The summed E-state index contributed by atoms with van der Waals surface area (Å²) in [6.45, 7) is 4.35. The van der Waals surface area contributed by atoms with Crippen molar-refractivity contribution in [2.75, 3.05) is 18.5 Å². The summed E-state index contributed by atoms with van der Waals surface area (Å²) < 4.78 is 5.12. The standard InChI is InChI=1S/C22H24N2O4/c1-15-6-8-17(9-7-15)12-24-13-18(11-21(24)26)22(27)28-14-20(25)23-19-5-3-4-16(2)10-19/h3-10,18H,11-14H2,1-2H3,(H,23,25)/t18-/m1/s1. The molecule has 1 aliphatic rings. The summed E-state index contributed by atoms with van der Waals surface area (Å²) in [5, 5.41) is 2.69. The molecular weight excluding hydrogens is 356 g/mol. The number of carbonyl (C=O) groups excluding carboxylic acids is 3. The van der Waals surface area contributed by atoms with Crippen LogP contribution in [0.25, 0.3) is 0 Å². The molecule has 1 N–H and O–H groups in total. The molecule has 146 valence electrons. The van der Waals surface area contributed by atoms with E-state index in [1.807, 2.05) is 56.3 Å². The van der Waals surface area contributed by atoms with E-state index in [4.69, 9.17) is 4.74 Å². The van der Waals surface area contributed by atoms with Gasteiger partial charge in [-0.05, 0) is 37.1 Å². The number of aryl methyl sites for hydroxylation is 2. The first-order valence-electron chi connectivity index (χ1n) is 9.27. The van der Waals surface area contributed by atoms with Crippen molar-refractivity contribution in [2.45, 2.75) is 26.8 Å². The highest BCUT2D eigenvalue weighted by atomic mass is 16.5. The van der Waals surface area contributed by atoms with Gasteiger partial charge in [0.25, 0.3) is 5.91 Å². The van der Waals surface area contributed by atoms with Gasteiger partial charge >= 0.3 is 5.97 Å². The zero-order chi connectivity index (χ0) is 20.1. The molecule has 2 aromatic carbocycles. The fourth-order valence-corrected chi connectivity index (χ4v) is 3.17. The molecule has 0 spiro atoms. The first kappa shape index (κ1) is 19.6. The molecule has 1 fully saturated rings. The van der Waals surface area contributed by atoms with Crippen LogP contribution in [0.4, 0.5) is 5.69 Å². The minimum Gasteiger partial charge on any atom is -0.455 e. The zero-order valence-corrected chi connectivity index (χ0v) is 16.1. The summed E-state index contributed by atoms with van der Waals surface area (Å²) in [5.74, 6) is -1.53. The van der Waals surface area contributed by atoms with Crippen LogP contribution in [0.2, 0.25) is 0 Å². The van der Waals surface area contributed by atoms with Gasteiger partial charge in [-0.3, -0.25) is 14.4 Å². The molecule has 3 rings (SSSR count). The molecule has 0 bridgehead atoms. The smallest absolute Gasteiger partial charge is 0.311 e. The van der Waals surface area contributed by atoms with Crippen LogP contribution in [0.3, 0.4) is 0 Å². The summed E-state index contributed by atoms with van der Waals surface area (Å²) in [4.78, 5) is 38.1. The van der Waals surface area contributed by atoms with E-state index in [9.17, 15) is 14.4 Å². The average Bonchev–Trinajstić information content (AvgIpc) is 3.02. The largest absolute Gasteiger partial charge is 0.455 e. The lowest BCUT2D eigenvalue weighted by Crippen LogP contribution is -2.28. The highest BCUT2D eigenvalue weighted by molar-refractivity contribution is 5.93. The minimum absolute atomic E-state index is 0.0771. The molecule has 0 unspecified atom stereocenters. The quantitative estimate of drug-likeness (QED) is 0.782. The summed E-state index contributed by atoms with van der Waals surface area (Å²) in [7, 11) is 0. The number of ether oxygens (including phenoxy) is 1. The molecule has 1 atom stereocenters. The van der Waals surface area contributed by atoms with Crippen LogP contribution in [0.1, 0.15) is 23.1 Å². The van der Waals surface area contributed by atoms with E-state index in [1.165, 1.54) is 0 Å². The van der Waals surface area contributed by atoms with Gasteiger partial charge in [0.2, 0.25) is 5.91 Å². The van der Waals surface area contributed by atoms with Crippen molar-refractivity contribution in [1.29, 1.82) is 0 Å². The van der Waals surface area contributed by atoms with E-state index in [0.717, 1.165) is 16.7 Å². The number of benzene rings is 2. The van der Waals surface area contributed by atoms with Crippen LogP contribution < -0.4 is 5.32 Å². The predicted octanol–water partition coefficient (Wildman–Crippen LogP) is 2.83. The van der Waals surface area contributed by atoms with Crippen molar-refractivity contribution in [1.82, 2.24) is 4.90 Å². The van der Waals surface area contributed by atoms with Gasteiger partial charge in [-0.2, -0.15) is 0 Å². The van der Waals surface area contributed by atoms with Crippen molar-refractivity contribution in [3.63, 3.8) is 0 Å². The number of hydrogen-bond donors (Lipinski definition) is 1. The third-order valence-corrected chi connectivity index (χ3v) is 4.69. The molecule has 2 amide bonds. The van der Waals surface area contributed by atoms with Crippen LogP contribution in [0.15, 0.2) is 48.5 Å². The molecule has 0 saturated carbocycles. The lowest BCUT2D eigenvalue weighted by atomic mass is 10.1. The second-order valence-corrected chi connectivity index (χ2v) is 7.19. The fourth-order valence-electron chi connectivity index (χ4n) is 3.17. The van der Waals surface area contributed by atoms with Crippen LogP contribution >= 0.6 is 0 Å². The molecule has 0 aliphatic carbocycles. The average molecular weight is 380 g/mol. The van der Waals surface area contributed by atoms with Gasteiger partial charge in [0.15, 0.2) is 6.61 Å². The third-order valence-electron chi connectivity index (χ3n) is 4.69. The summed E-state index contributed by atoms with van der Waals surface area (Å²) >= 11 is 0. The Morgan fingerprint density at radius 1 is 1.11 bits per heavy atom. The van der Waals surface area contributed by atoms with Crippen LogP contribution in [0.5, 0.6) is 0 Å². The SMILES string of the molecule is Cc1ccc(CN2C[C@H](C(=O)OCC(=O)Nc3cccc(C)c3)CC2=O)cc1. The number of esters is 1. The molecule has 2 aromatic rings. The van der Waals surface area contributed by atoms with Gasteiger partial charge in [0, 0.05) is 25.2 Å². The van der Waals surface area contributed by atoms with E-state index in [2.05, 4.69) is 5.32 Å². The van der Waals surface area contributed by atoms with Gasteiger partial charge in [0.1, 0.15) is 0 Å². The van der Waals surface area contributed by atoms with Crippen molar-refractivity contribution >= 4 is 23.5 Å². The van der Waals surface area contributed by atoms with E-state index < -0.39 is 17.8 Å². The maximum Gasteiger partial charge on any atom is 0.311 e. The molecule has 1 aliphatic heterocycles. The Morgan fingerprint density at radius 2 is 1.86 bits per heavy atom. The monoisotopic (exact) mass is 380 g/mol. The number of rotatable bonds is 6. The lowest BCUT2D eigenvalue weighted by Gasteiger charge is -2.16. The van der Waals surface area contributed by atoms with Crippen LogP contribution in [-0.2, 0) is 25.7 Å². The van der Waals surface area contributed by atoms with Crippen molar-refractivity contribution in [3.8, 4) is 0 Å². The Kier molecular flexibility index (Phi) is 6.09. The van der Waals surface area contributed by atoms with Gasteiger partial charge in [-0.15, -0.1) is 0 Å². The highest BCUT2D eigenvalue weighted by Crippen LogP contribution is 2.21. The normalized spacial score (nSPS) is 16.1. The summed E-state index contributed by atoms with van der Waals surface area (Å²) in [6.07, 6.45) is 0.115. The summed E-state index contributed by atoms with van der Waals surface area (Å²) in [5.41, 5.74) is 3.85. The molecule has 0 radical (unpaired) electrons. The third kappa shape index (κ3) is 5.19. The Labute approximate surface area is 164 Å². The Balaban J connectivity index is 1.47. The molecule has 0 aromatic heterocycles. The number of likely N-dealkylation sites (tertiary alicyclic amines) is 1. The van der Waals surface area contributed by atoms with Gasteiger partial charge in [-0.25, -0.2) is 0 Å². The molecule has 6 heteroatoms. The van der Waals surface area contributed by atoms with E-state index >= 15 is 0 Å². The maximum absolute atomic E-state index is 12.3. The molecule has 6 nitrogen and oxygen atoms in total. The van der Waals surface area contributed by atoms with Gasteiger partial charge < -0.3 is 15.0 Å². The number of amides is 2. The minimum atomic E-state index is -0.537. The first-order valence-corrected chi connectivity index (χ1v) is 9.27. The van der Waals surface area contributed by atoms with Crippen molar-refractivity contribution in [2.24, 2.45) is 5.92 Å². The maximum atomic E-state index is 12.3. The summed E-state index contributed by atoms with van der Waals surface area (Å²) in [6, 6.07) is 15.3. The highest BCUT2D eigenvalue weighted by Gasteiger charge is 2.35. The van der Waals surface area contributed by atoms with Crippen molar-refractivity contribution < 1.29 is 19.1 Å².